The van der Waals surface area contributed by atoms with Gasteiger partial charge < -0.3 is 25.0 Å². The van der Waals surface area contributed by atoms with E-state index in [2.05, 4.69) is 10.3 Å². The van der Waals surface area contributed by atoms with E-state index >= 15 is 0 Å². The van der Waals surface area contributed by atoms with Crippen molar-refractivity contribution in [3.05, 3.63) is 53.3 Å². The second-order valence-electron chi connectivity index (χ2n) is 7.46. The molecule has 0 radical (unpaired) electrons. The summed E-state index contributed by atoms with van der Waals surface area (Å²) in [6.07, 6.45) is -4.80. The molecule has 1 aromatic carbocycles. The molecule has 1 fully saturated rings. The molecule has 3 N–H and O–H groups in total. The molecule has 2 aliphatic rings. The first-order valence-corrected chi connectivity index (χ1v) is 9.52. The molecule has 1 amide bonds. The lowest BCUT2D eigenvalue weighted by Crippen LogP contribution is -2.45. The molecule has 0 spiro atoms. The molecular formula is C21H22F2N2O5. The Bertz CT molecular complexity index is 958. The molecule has 1 aliphatic heterocycles. The predicted molar refractivity (Wildman–Crippen MR) is 102 cm³/mol. The minimum atomic E-state index is -2.68. The SMILES string of the molecule is CNC(=O)C1C(c2ccccc2)C2Oc3c(CC(F)F)ncc(OC)c3C2(O)C1O. The minimum Gasteiger partial charge on any atom is -0.495 e. The molecule has 2 aromatic rings. The maximum Gasteiger partial charge on any atom is 0.244 e. The van der Waals surface area contributed by atoms with E-state index in [-0.39, 0.29) is 22.8 Å². The smallest absolute Gasteiger partial charge is 0.244 e. The largest absolute Gasteiger partial charge is 0.495 e. The molecule has 2 heterocycles. The zero-order chi connectivity index (χ0) is 21.6. The van der Waals surface area contributed by atoms with Crippen LogP contribution in [0, 0.1) is 5.92 Å². The fraction of sp³-hybridized carbons (Fsp3) is 0.429. The van der Waals surface area contributed by atoms with Crippen LogP contribution in [-0.2, 0) is 16.8 Å². The van der Waals surface area contributed by atoms with Crippen molar-refractivity contribution in [3.8, 4) is 11.5 Å². The van der Waals surface area contributed by atoms with Crippen LogP contribution in [0.25, 0.3) is 0 Å². The third kappa shape index (κ3) is 2.84. The van der Waals surface area contributed by atoms with Crippen LogP contribution < -0.4 is 14.8 Å². The number of amides is 1. The van der Waals surface area contributed by atoms with Crippen LogP contribution in [0.15, 0.2) is 36.5 Å². The molecule has 1 saturated carbocycles. The minimum absolute atomic E-state index is 0.0301. The van der Waals surface area contributed by atoms with Gasteiger partial charge in [0.05, 0.1) is 36.9 Å². The Hall–Kier alpha value is -2.78. The van der Waals surface area contributed by atoms with Gasteiger partial charge in [0.25, 0.3) is 0 Å². The number of carbonyl (C=O) groups is 1. The van der Waals surface area contributed by atoms with Crippen molar-refractivity contribution >= 4 is 5.91 Å². The standard InChI is InChI=1S/C21H22F2N2O5/c1-24-20(27)15-14(10-6-4-3-5-7-10)19-21(28,18(15)26)16-12(29-2)9-25-11(8-13(22)23)17(16)30-19/h3-7,9,13-15,18-19,26,28H,8H2,1-2H3,(H,24,27). The summed E-state index contributed by atoms with van der Waals surface area (Å²) in [5, 5.41) is 25.4. The van der Waals surface area contributed by atoms with E-state index in [4.69, 9.17) is 9.47 Å². The van der Waals surface area contributed by atoms with Crippen molar-refractivity contribution in [2.24, 2.45) is 5.92 Å². The van der Waals surface area contributed by atoms with Crippen LogP contribution in [0.1, 0.15) is 22.7 Å². The van der Waals surface area contributed by atoms with Gasteiger partial charge in [0.2, 0.25) is 12.3 Å². The number of aliphatic hydroxyl groups is 2. The van der Waals surface area contributed by atoms with Gasteiger partial charge in [-0.05, 0) is 5.56 Å². The zero-order valence-electron chi connectivity index (χ0n) is 16.4. The second kappa shape index (κ2) is 7.48. The van der Waals surface area contributed by atoms with E-state index < -0.39 is 48.4 Å². The fourth-order valence-corrected chi connectivity index (χ4v) is 4.68. The number of hydrogen-bond donors (Lipinski definition) is 3. The molecular weight excluding hydrogens is 398 g/mol. The van der Waals surface area contributed by atoms with Gasteiger partial charge in [-0.2, -0.15) is 0 Å². The lowest BCUT2D eigenvalue weighted by atomic mass is 9.86. The van der Waals surface area contributed by atoms with Crippen LogP contribution in [0.5, 0.6) is 11.5 Å². The molecule has 5 atom stereocenters. The molecule has 1 aliphatic carbocycles. The van der Waals surface area contributed by atoms with E-state index in [0.717, 1.165) is 0 Å². The van der Waals surface area contributed by atoms with E-state index in [1.807, 2.05) is 0 Å². The number of nitrogens with one attached hydrogen (secondary N) is 1. The van der Waals surface area contributed by atoms with Crippen molar-refractivity contribution < 1.29 is 33.3 Å². The van der Waals surface area contributed by atoms with Crippen molar-refractivity contribution in [1.82, 2.24) is 10.3 Å². The lowest BCUT2D eigenvalue weighted by molar-refractivity contribution is -0.134. The van der Waals surface area contributed by atoms with E-state index in [1.54, 1.807) is 30.3 Å². The number of aliphatic hydroxyl groups excluding tert-OH is 1. The Balaban J connectivity index is 1.92. The first kappa shape index (κ1) is 20.5. The lowest BCUT2D eigenvalue weighted by Gasteiger charge is -2.27. The van der Waals surface area contributed by atoms with Crippen molar-refractivity contribution in [2.75, 3.05) is 14.2 Å². The molecule has 1 aromatic heterocycles. The van der Waals surface area contributed by atoms with Crippen LogP contribution in [-0.4, -0.2) is 53.9 Å². The summed E-state index contributed by atoms with van der Waals surface area (Å²) >= 11 is 0. The Kier molecular flexibility index (Phi) is 5.11. The Morgan fingerprint density at radius 1 is 1.37 bits per heavy atom. The van der Waals surface area contributed by atoms with E-state index in [0.29, 0.717) is 5.56 Å². The topological polar surface area (TPSA) is 101 Å². The maximum absolute atomic E-state index is 13.1. The zero-order valence-corrected chi connectivity index (χ0v) is 16.4. The number of rotatable bonds is 5. The maximum atomic E-state index is 13.1. The quantitative estimate of drug-likeness (QED) is 0.676. The average Bonchev–Trinajstić information content (AvgIpc) is 3.17. The monoisotopic (exact) mass is 420 g/mol. The molecule has 5 unspecified atom stereocenters. The number of carbonyl (C=O) groups excluding carboxylic acids is 1. The predicted octanol–water partition coefficient (Wildman–Crippen LogP) is 1.37. The van der Waals surface area contributed by atoms with Gasteiger partial charge in [0.1, 0.15) is 18.0 Å². The summed E-state index contributed by atoms with van der Waals surface area (Å²) in [6.45, 7) is 0. The average molecular weight is 420 g/mol. The third-order valence-corrected chi connectivity index (χ3v) is 5.96. The van der Waals surface area contributed by atoms with Gasteiger partial charge in [-0.3, -0.25) is 9.78 Å². The van der Waals surface area contributed by atoms with Gasteiger partial charge in [-0.1, -0.05) is 30.3 Å². The number of aromatic nitrogens is 1. The molecule has 7 nitrogen and oxygen atoms in total. The van der Waals surface area contributed by atoms with Gasteiger partial charge >= 0.3 is 0 Å². The first-order chi connectivity index (χ1) is 14.3. The van der Waals surface area contributed by atoms with Crippen LogP contribution in [0.3, 0.4) is 0 Å². The van der Waals surface area contributed by atoms with E-state index in [1.165, 1.54) is 20.4 Å². The number of ether oxygens (including phenoxy) is 2. The Labute approximate surface area is 171 Å². The first-order valence-electron chi connectivity index (χ1n) is 9.52. The fourth-order valence-electron chi connectivity index (χ4n) is 4.68. The van der Waals surface area contributed by atoms with Gasteiger partial charge in [0, 0.05) is 13.0 Å². The van der Waals surface area contributed by atoms with Crippen molar-refractivity contribution in [1.29, 1.82) is 0 Å². The van der Waals surface area contributed by atoms with Gasteiger partial charge in [-0.25, -0.2) is 8.78 Å². The number of methoxy groups -OCH3 is 1. The van der Waals surface area contributed by atoms with Crippen LogP contribution in [0.2, 0.25) is 0 Å². The highest BCUT2D eigenvalue weighted by atomic mass is 19.3. The number of halogens is 2. The number of benzene rings is 1. The molecule has 0 saturated heterocycles. The highest BCUT2D eigenvalue weighted by Gasteiger charge is 2.69. The normalized spacial score (nSPS) is 29.3. The molecule has 9 heteroatoms. The molecule has 30 heavy (non-hydrogen) atoms. The highest BCUT2D eigenvalue weighted by molar-refractivity contribution is 5.82. The van der Waals surface area contributed by atoms with Crippen molar-refractivity contribution in [2.45, 2.75) is 36.6 Å². The van der Waals surface area contributed by atoms with E-state index in [9.17, 15) is 23.8 Å². The summed E-state index contributed by atoms with van der Waals surface area (Å²) in [5.41, 5.74) is -1.38. The summed E-state index contributed by atoms with van der Waals surface area (Å²) in [6, 6.07) is 8.87. The Morgan fingerprint density at radius 3 is 2.67 bits per heavy atom. The number of nitrogens with zero attached hydrogens (tertiary/aromatic N) is 1. The number of fused-ring (bicyclic) bond motifs is 3. The summed E-state index contributed by atoms with van der Waals surface area (Å²) in [7, 11) is 2.78. The number of hydrogen-bond acceptors (Lipinski definition) is 6. The molecule has 0 bridgehead atoms. The number of alkyl halides is 2. The molecule has 4 rings (SSSR count). The highest BCUT2D eigenvalue weighted by Crippen LogP contribution is 2.60. The van der Waals surface area contributed by atoms with Gasteiger partial charge in [-0.15, -0.1) is 0 Å². The summed E-state index contributed by atoms with van der Waals surface area (Å²) in [5.74, 6) is -2.17. The number of pyridine rings is 1. The third-order valence-electron chi connectivity index (χ3n) is 5.96. The Morgan fingerprint density at radius 2 is 2.07 bits per heavy atom. The van der Waals surface area contributed by atoms with Crippen LogP contribution in [0.4, 0.5) is 8.78 Å². The second-order valence-corrected chi connectivity index (χ2v) is 7.46. The van der Waals surface area contributed by atoms with Crippen LogP contribution >= 0.6 is 0 Å². The van der Waals surface area contributed by atoms with Gasteiger partial charge in [0.15, 0.2) is 11.4 Å². The summed E-state index contributed by atoms with van der Waals surface area (Å²) < 4.78 is 37.5. The van der Waals surface area contributed by atoms with Crippen molar-refractivity contribution in [3.63, 3.8) is 0 Å². The molecule has 160 valence electrons. The summed E-state index contributed by atoms with van der Waals surface area (Å²) in [4.78, 5) is 16.7.